The van der Waals surface area contributed by atoms with Gasteiger partial charge in [-0.3, -0.25) is 9.99 Å². The van der Waals surface area contributed by atoms with Crippen LogP contribution in [0.25, 0.3) is 10.9 Å². The Hall–Kier alpha value is -4.55. The molecule has 8 nitrogen and oxygen atoms in total. The maximum atomic E-state index is 13.8. The third-order valence-electron chi connectivity index (χ3n) is 6.96. The molecule has 5 rings (SSSR count). The summed E-state index contributed by atoms with van der Waals surface area (Å²) in [6.07, 6.45) is -2.17. The van der Waals surface area contributed by atoms with Gasteiger partial charge in [0.05, 0.1) is 35.4 Å². The van der Waals surface area contributed by atoms with Crippen LogP contribution in [0.2, 0.25) is 0 Å². The van der Waals surface area contributed by atoms with Crippen molar-refractivity contribution in [1.82, 2.24) is 21.0 Å². The number of rotatable bonds is 7. The average molecular weight is 566 g/mol. The predicted molar refractivity (Wildman–Crippen MR) is 146 cm³/mol. The third-order valence-corrected chi connectivity index (χ3v) is 6.96. The lowest BCUT2D eigenvalue weighted by molar-refractivity contribution is -0.195. The van der Waals surface area contributed by atoms with E-state index in [1.807, 2.05) is 20.8 Å². The van der Waals surface area contributed by atoms with Crippen LogP contribution in [-0.2, 0) is 0 Å². The molecule has 3 aromatic rings. The number of pyridine rings is 1. The Bertz CT molecular complexity index is 1650. The van der Waals surface area contributed by atoms with E-state index in [-0.39, 0.29) is 46.3 Å². The Morgan fingerprint density at radius 2 is 1.80 bits per heavy atom. The van der Waals surface area contributed by atoms with Gasteiger partial charge in [-0.05, 0) is 48.1 Å². The summed E-state index contributed by atoms with van der Waals surface area (Å²) in [5.41, 5.74) is 4.66. The Labute approximate surface area is 236 Å². The van der Waals surface area contributed by atoms with Crippen LogP contribution in [0.4, 0.5) is 28.9 Å². The summed E-state index contributed by atoms with van der Waals surface area (Å²) in [4.78, 5) is 4.33. The number of aromatic nitrogens is 1. The van der Waals surface area contributed by atoms with Crippen molar-refractivity contribution < 1.29 is 18.9 Å². The largest absolute Gasteiger partial charge is 0.413 e. The first-order chi connectivity index (χ1) is 19.7. The Balaban J connectivity index is 1.63. The van der Waals surface area contributed by atoms with Gasteiger partial charge in [0.25, 0.3) is 0 Å². The highest BCUT2D eigenvalue weighted by atomic mass is 19.4. The minimum absolute atomic E-state index is 0.0122. The molecule has 0 bridgehead atoms. The van der Waals surface area contributed by atoms with Crippen molar-refractivity contribution in [3.05, 3.63) is 77.0 Å². The molecule has 12 heteroatoms. The zero-order chi connectivity index (χ0) is 30.5. The highest BCUT2D eigenvalue weighted by Gasteiger charge is 2.67. The summed E-state index contributed by atoms with van der Waals surface area (Å²) in [6, 6.07) is 10.4. The monoisotopic (exact) mass is 565 g/mol. The summed E-state index contributed by atoms with van der Waals surface area (Å²) >= 11 is 0. The number of anilines is 2. The van der Waals surface area contributed by atoms with Crippen molar-refractivity contribution in [3.63, 3.8) is 0 Å². The predicted octanol–water partition coefficient (Wildman–Crippen LogP) is 5.99. The molecule has 2 heterocycles. The molecular weight excluding hydrogens is 536 g/mol. The van der Waals surface area contributed by atoms with Gasteiger partial charge >= 0.3 is 6.18 Å². The molecule has 1 aromatic heterocycles. The fraction of sp³-hybridized carbons (Fsp3) is 0.345. The zero-order valence-corrected chi connectivity index (χ0v) is 22.5. The lowest BCUT2D eigenvalue weighted by atomic mass is 9.96. The number of alkyl halides is 3. The van der Waals surface area contributed by atoms with Crippen LogP contribution in [0.1, 0.15) is 57.7 Å². The van der Waals surface area contributed by atoms with E-state index in [1.165, 1.54) is 30.6 Å². The topological polar surface area (TPSA) is 112 Å². The van der Waals surface area contributed by atoms with E-state index in [0.717, 1.165) is 17.1 Å². The molecule has 1 aliphatic carbocycles. The number of hydrogen-bond donors (Lipinski definition) is 4. The molecule has 0 unspecified atom stereocenters. The molecular formula is C29H28F4N8. The van der Waals surface area contributed by atoms with Gasteiger partial charge in [0.2, 0.25) is 0 Å². The fourth-order valence-electron chi connectivity index (χ4n) is 4.60. The van der Waals surface area contributed by atoms with Gasteiger partial charge in [-0.2, -0.15) is 23.7 Å². The van der Waals surface area contributed by atoms with E-state index in [0.29, 0.717) is 23.1 Å². The van der Waals surface area contributed by atoms with Crippen LogP contribution in [0, 0.1) is 33.9 Å². The molecule has 212 valence electrons. The molecule has 2 aromatic carbocycles. The first-order valence-corrected chi connectivity index (χ1v) is 12.9. The van der Waals surface area contributed by atoms with Crippen molar-refractivity contribution in [3.8, 4) is 12.1 Å². The molecule has 1 aliphatic heterocycles. The summed E-state index contributed by atoms with van der Waals surface area (Å²) < 4.78 is 64.9. The van der Waals surface area contributed by atoms with Crippen LogP contribution in [-0.4, -0.2) is 28.3 Å². The maximum Gasteiger partial charge on any atom is 0.413 e. The van der Waals surface area contributed by atoms with Gasteiger partial charge in [0.1, 0.15) is 18.0 Å². The second-order valence-electron chi connectivity index (χ2n) is 11.3. The van der Waals surface area contributed by atoms with Crippen LogP contribution >= 0.6 is 0 Å². The first kappa shape index (κ1) is 26.7. The number of nitriles is 2. The molecule has 0 radical (unpaired) electrons. The fourth-order valence-corrected chi connectivity index (χ4v) is 4.60. The summed E-state index contributed by atoms with van der Waals surface area (Å²) in [5, 5.41) is 27.4. The van der Waals surface area contributed by atoms with Crippen LogP contribution in [0.3, 0.4) is 0 Å². The summed E-state index contributed by atoms with van der Waals surface area (Å²) in [6.45, 7) is 6.55. The van der Waals surface area contributed by atoms with E-state index in [1.54, 1.807) is 6.07 Å². The van der Waals surface area contributed by atoms with Gasteiger partial charge in [-0.1, -0.05) is 32.9 Å². The quantitative estimate of drug-likeness (QED) is 0.259. The lowest BCUT2D eigenvalue weighted by Gasteiger charge is -2.28. The number of hydrogen-bond acceptors (Lipinski definition) is 8. The number of benzene rings is 2. The summed E-state index contributed by atoms with van der Waals surface area (Å²) in [7, 11) is 0. The highest BCUT2D eigenvalue weighted by molar-refractivity contribution is 5.99. The Morgan fingerprint density at radius 3 is 2.39 bits per heavy atom. The van der Waals surface area contributed by atoms with E-state index in [9.17, 15) is 29.5 Å². The molecule has 1 fully saturated rings. The molecule has 0 spiro atoms. The number of fused-ring (bicyclic) bond motifs is 1. The third kappa shape index (κ3) is 5.43. The van der Waals surface area contributed by atoms with Crippen LogP contribution in [0.15, 0.2) is 54.5 Å². The van der Waals surface area contributed by atoms with Gasteiger partial charge in [0, 0.05) is 30.0 Å². The van der Waals surface area contributed by atoms with Gasteiger partial charge in [0.15, 0.2) is 5.54 Å². The van der Waals surface area contributed by atoms with Crippen molar-refractivity contribution in [2.75, 3.05) is 17.2 Å². The number of hydrazine groups is 2. The standard InChI is InChI=1S/C29H28F4N8/c1-27(2,3)16-37-25-19(13-35)14-36-24-18(12-34)10-21(11-22(24)25)38-26(17-4-6-20(30)7-5-17)23-15-41(40-39-23)28(8-9-28)29(31,32)33/h4-7,10-11,14-15,26,38-40H,8-9,16H2,1-3H3,(H,36,37)/t26-/m0/s1/i26D. The molecule has 0 amide bonds. The molecule has 1 saturated carbocycles. The normalized spacial score (nSPS) is 17.9. The molecule has 2 aliphatic rings. The smallest absolute Gasteiger partial charge is 0.383 e. The Kier molecular flexibility index (Phi) is 6.59. The SMILES string of the molecule is [2H][C@@](Nc1cc(C#N)c2ncc(C#N)c(NCC(C)(C)C)c2c1)(C1=CN(C2(C(F)(F)F)CC2)NN1)c1ccc(F)cc1. The first-order valence-electron chi connectivity index (χ1n) is 13.4. The van der Waals surface area contributed by atoms with Gasteiger partial charge in [-0.15, -0.1) is 5.53 Å². The minimum Gasteiger partial charge on any atom is -0.383 e. The Morgan fingerprint density at radius 1 is 1.12 bits per heavy atom. The van der Waals surface area contributed by atoms with Crippen LogP contribution < -0.4 is 21.6 Å². The van der Waals surface area contributed by atoms with Crippen molar-refractivity contribution in [2.24, 2.45) is 5.41 Å². The number of halogens is 4. The highest BCUT2D eigenvalue weighted by Crippen LogP contribution is 2.53. The summed E-state index contributed by atoms with van der Waals surface area (Å²) in [5.74, 6) is -0.551. The van der Waals surface area contributed by atoms with Crippen LogP contribution in [0.5, 0.6) is 0 Å². The van der Waals surface area contributed by atoms with Crippen molar-refractivity contribution >= 4 is 22.3 Å². The van der Waals surface area contributed by atoms with Crippen molar-refractivity contribution in [2.45, 2.75) is 51.3 Å². The van der Waals surface area contributed by atoms with Gasteiger partial charge in [-0.25, -0.2) is 4.39 Å². The minimum atomic E-state index is -4.51. The maximum absolute atomic E-state index is 13.8. The lowest BCUT2D eigenvalue weighted by Crippen LogP contribution is -2.52. The van der Waals surface area contributed by atoms with E-state index in [4.69, 9.17) is 0 Å². The second-order valence-corrected chi connectivity index (χ2v) is 11.3. The average Bonchev–Trinajstić information content (AvgIpc) is 3.61. The van der Waals surface area contributed by atoms with Crippen molar-refractivity contribution in [1.29, 1.82) is 10.5 Å². The molecule has 1 atom stereocenters. The molecule has 0 saturated heterocycles. The zero-order valence-electron chi connectivity index (χ0n) is 23.5. The number of nitrogens with one attached hydrogen (secondary N) is 4. The second kappa shape index (κ2) is 10.1. The van der Waals surface area contributed by atoms with E-state index in [2.05, 4.69) is 38.7 Å². The number of nitrogens with zero attached hydrogens (tertiary/aromatic N) is 4. The van der Waals surface area contributed by atoms with E-state index >= 15 is 0 Å². The molecule has 4 N–H and O–H groups in total. The van der Waals surface area contributed by atoms with E-state index < -0.39 is 23.6 Å². The molecule has 41 heavy (non-hydrogen) atoms. The van der Waals surface area contributed by atoms with Gasteiger partial charge < -0.3 is 16.1 Å².